The van der Waals surface area contributed by atoms with Gasteiger partial charge < -0.3 is 0 Å². The Morgan fingerprint density at radius 1 is 1.00 bits per heavy atom. The van der Waals surface area contributed by atoms with Gasteiger partial charge in [0.1, 0.15) is 0 Å². The van der Waals surface area contributed by atoms with Crippen molar-refractivity contribution in [1.82, 2.24) is 0 Å². The fraction of sp³-hybridized carbons (Fsp3) is 0.235. The van der Waals surface area contributed by atoms with Gasteiger partial charge in [0.15, 0.2) is 5.52 Å². The molecule has 0 saturated heterocycles. The summed E-state index contributed by atoms with van der Waals surface area (Å²) in [7, 11) is 0.119. The fourth-order valence-corrected chi connectivity index (χ4v) is 4.08. The van der Waals surface area contributed by atoms with Crippen molar-refractivity contribution >= 4 is 31.0 Å². The summed E-state index contributed by atoms with van der Waals surface area (Å²) in [4.78, 5) is 12.6. The van der Waals surface area contributed by atoms with E-state index in [4.69, 9.17) is 11.6 Å². The molecule has 0 bridgehead atoms. The van der Waals surface area contributed by atoms with Crippen molar-refractivity contribution in [2.75, 3.05) is 0 Å². The molecule has 0 heterocycles. The average Bonchev–Trinajstić information content (AvgIpc) is 2.33. The summed E-state index contributed by atoms with van der Waals surface area (Å²) in [6, 6.07) is 9.84. The van der Waals surface area contributed by atoms with Gasteiger partial charge in [-0.25, -0.2) is 0 Å². The molecular formula is C17H18ClLiOP+. The molecule has 0 radical (unpaired) electrons. The van der Waals surface area contributed by atoms with Gasteiger partial charge in [-0.15, -0.1) is 0 Å². The van der Waals surface area contributed by atoms with Crippen LogP contribution in [0.15, 0.2) is 30.3 Å². The van der Waals surface area contributed by atoms with Gasteiger partial charge in [0.25, 0.3) is 0 Å². The van der Waals surface area contributed by atoms with Gasteiger partial charge in [-0.1, -0.05) is 41.4 Å². The molecule has 0 fully saturated rings. The predicted molar refractivity (Wildman–Crippen MR) is 89.1 cm³/mol. The summed E-state index contributed by atoms with van der Waals surface area (Å²) in [6.07, 6.45) is 0. The fourth-order valence-electron chi connectivity index (χ4n) is 2.47. The van der Waals surface area contributed by atoms with Crippen LogP contribution in [0.1, 0.15) is 32.6 Å². The molecular weight excluding hydrogens is 294 g/mol. The Labute approximate surface area is 145 Å². The van der Waals surface area contributed by atoms with E-state index in [1.165, 1.54) is 16.7 Å². The summed E-state index contributed by atoms with van der Waals surface area (Å²) in [5.41, 5.74) is 5.31. The topological polar surface area (TPSA) is 17.1 Å². The molecule has 2 rings (SSSR count). The molecule has 0 aromatic heterocycles. The Morgan fingerprint density at radius 2 is 1.57 bits per heavy atom. The van der Waals surface area contributed by atoms with Crippen LogP contribution < -0.4 is 24.2 Å². The van der Waals surface area contributed by atoms with E-state index in [9.17, 15) is 4.79 Å². The third kappa shape index (κ3) is 4.21. The van der Waals surface area contributed by atoms with E-state index in [0.717, 1.165) is 10.9 Å². The van der Waals surface area contributed by atoms with Crippen LogP contribution in [0.25, 0.3) is 0 Å². The second-order valence-corrected chi connectivity index (χ2v) is 6.77. The van der Waals surface area contributed by atoms with Crippen molar-refractivity contribution in [3.05, 3.63) is 63.2 Å². The smallest absolute Gasteiger partial charge is 0.289 e. The Kier molecular flexibility index (Phi) is 6.70. The van der Waals surface area contributed by atoms with Crippen molar-refractivity contribution in [3.8, 4) is 0 Å². The van der Waals surface area contributed by atoms with Gasteiger partial charge in [-0.05, 0) is 64.3 Å². The minimum Gasteiger partial charge on any atom is -0.289 e. The molecule has 0 aliphatic heterocycles. The molecule has 104 valence electrons. The monoisotopic (exact) mass is 311 g/mol. The molecule has 21 heavy (non-hydrogen) atoms. The molecule has 0 spiro atoms. The molecule has 0 amide bonds. The summed E-state index contributed by atoms with van der Waals surface area (Å²) in [5.74, 6) is 0. The number of rotatable bonds is 3. The van der Waals surface area contributed by atoms with E-state index in [2.05, 4.69) is 32.9 Å². The molecule has 1 nitrogen and oxygen atoms in total. The summed E-state index contributed by atoms with van der Waals surface area (Å²) < 4.78 is 0. The third-order valence-electron chi connectivity index (χ3n) is 3.36. The quantitative estimate of drug-likeness (QED) is 0.623. The number of benzene rings is 2. The minimum absolute atomic E-state index is 0. The van der Waals surface area contributed by atoms with Crippen LogP contribution in [0, 0.1) is 27.7 Å². The largest absolute Gasteiger partial charge is 1.00 e. The maximum absolute atomic E-state index is 12.6. The Bertz CT molecular complexity index is 639. The maximum atomic E-state index is 12.6. The van der Waals surface area contributed by atoms with Crippen molar-refractivity contribution < 1.29 is 23.7 Å². The van der Waals surface area contributed by atoms with E-state index in [1.54, 1.807) is 6.07 Å². The van der Waals surface area contributed by atoms with Gasteiger partial charge in [0, 0.05) is 5.56 Å². The molecule has 4 heteroatoms. The number of aryl methyl sites for hydroxylation is 4. The number of halogens is 1. The first-order valence-corrected chi connectivity index (χ1v) is 7.92. The van der Waals surface area contributed by atoms with Crippen molar-refractivity contribution in [2.45, 2.75) is 27.7 Å². The van der Waals surface area contributed by atoms with Crippen LogP contribution in [-0.2, 0) is 0 Å². The van der Waals surface area contributed by atoms with Crippen molar-refractivity contribution in [1.29, 1.82) is 0 Å². The molecule has 1 unspecified atom stereocenters. The molecule has 1 atom stereocenters. The molecule has 0 N–H and O–H groups in total. The van der Waals surface area contributed by atoms with Gasteiger partial charge in [-0.2, -0.15) is 0 Å². The van der Waals surface area contributed by atoms with E-state index in [-0.39, 0.29) is 33.0 Å². The summed E-state index contributed by atoms with van der Waals surface area (Å²) in [6.45, 7) is 8.13. The number of hydrogen-bond acceptors (Lipinski definition) is 1. The van der Waals surface area contributed by atoms with E-state index < -0.39 is 0 Å². The molecule has 2 aromatic rings. The Hall–Kier alpha value is -0.573. The van der Waals surface area contributed by atoms with Crippen LogP contribution in [0.5, 0.6) is 0 Å². The van der Waals surface area contributed by atoms with Crippen LogP contribution in [0.2, 0.25) is 5.02 Å². The summed E-state index contributed by atoms with van der Waals surface area (Å²) in [5, 5.41) is 1.69. The predicted octanol–water partition coefficient (Wildman–Crippen LogP) is 1.72. The number of carbonyl (C=O) groups excluding carboxylic acids is 1. The van der Waals surface area contributed by atoms with Crippen molar-refractivity contribution in [2.24, 2.45) is 0 Å². The number of carbonyl (C=O) groups is 1. The zero-order valence-corrected chi connectivity index (χ0v) is 14.9. The normalized spacial score (nSPS) is 10.7. The molecule has 0 saturated carbocycles. The molecule has 2 aromatic carbocycles. The first-order valence-electron chi connectivity index (χ1n) is 6.54. The number of hydrogen-bond donors (Lipinski definition) is 0. The van der Waals surface area contributed by atoms with E-state index in [0.29, 0.717) is 10.6 Å². The van der Waals surface area contributed by atoms with Gasteiger partial charge in [0.2, 0.25) is 0 Å². The van der Waals surface area contributed by atoms with Crippen LogP contribution in [-0.4, -0.2) is 5.52 Å². The Balaban J connectivity index is 0.00000220. The second kappa shape index (κ2) is 7.62. The van der Waals surface area contributed by atoms with E-state index >= 15 is 0 Å². The van der Waals surface area contributed by atoms with Crippen LogP contribution in [0.3, 0.4) is 0 Å². The summed E-state index contributed by atoms with van der Waals surface area (Å²) >= 11 is 6.18. The van der Waals surface area contributed by atoms with Gasteiger partial charge >= 0.3 is 18.9 Å². The van der Waals surface area contributed by atoms with Crippen LogP contribution >= 0.6 is 20.2 Å². The Morgan fingerprint density at radius 3 is 2.10 bits per heavy atom. The molecule has 0 aliphatic rings. The standard InChI is InChI=1S/C17H18ClOP.Li/c1-10-8-12(3)16(13(4)9-10)20-17(19)15-11(2)6-5-7-14(15)18;/h5-9,20H,1-4H3;/q;+1. The zero-order valence-electron chi connectivity index (χ0n) is 13.2. The SMILES string of the molecule is Cc1cc(C)c(PC(=O)c2c(C)cccc2Cl)c(C)c1.[Li+]. The second-order valence-electron chi connectivity index (χ2n) is 5.16. The molecule has 0 aliphatic carbocycles. The first-order chi connectivity index (χ1) is 9.40. The van der Waals surface area contributed by atoms with Gasteiger partial charge in [-0.3, -0.25) is 4.79 Å². The minimum atomic E-state index is 0. The van der Waals surface area contributed by atoms with E-state index in [1.807, 2.05) is 19.1 Å². The van der Waals surface area contributed by atoms with Crippen molar-refractivity contribution in [3.63, 3.8) is 0 Å². The third-order valence-corrected chi connectivity index (χ3v) is 5.20. The zero-order chi connectivity index (χ0) is 14.9. The van der Waals surface area contributed by atoms with Gasteiger partial charge in [0.05, 0.1) is 5.02 Å². The van der Waals surface area contributed by atoms with Crippen LogP contribution in [0.4, 0.5) is 0 Å². The average molecular weight is 312 g/mol. The maximum Gasteiger partial charge on any atom is 1.00 e. The first kappa shape index (κ1) is 18.5.